The van der Waals surface area contributed by atoms with Gasteiger partial charge < -0.3 is 15.9 Å². The molecule has 0 spiro atoms. The van der Waals surface area contributed by atoms with Crippen LogP contribution in [0.3, 0.4) is 0 Å². The minimum atomic E-state index is -1.15. The zero-order valence-corrected chi connectivity index (χ0v) is 7.75. The number of carboxylic acid groups (broad SMARTS) is 2. The van der Waals surface area contributed by atoms with Crippen LogP contribution < -0.4 is 5.73 Å². The maximum absolute atomic E-state index is 10.6. The Bertz CT molecular complexity index is 391. The Hall–Kier alpha value is -1.95. The van der Waals surface area contributed by atoms with Crippen LogP contribution in [0.15, 0.2) is 18.3 Å². The van der Waals surface area contributed by atoms with Crippen molar-refractivity contribution in [3.63, 3.8) is 0 Å². The lowest BCUT2D eigenvalue weighted by atomic mass is 10.1. The third-order valence-electron chi connectivity index (χ3n) is 1.82. The maximum Gasteiger partial charge on any atom is 0.354 e. The van der Waals surface area contributed by atoms with Gasteiger partial charge in [-0.25, -0.2) is 9.78 Å². The smallest absolute Gasteiger partial charge is 0.354 e. The first-order chi connectivity index (χ1) is 7.00. The number of pyridine rings is 1. The topological polar surface area (TPSA) is 114 Å². The van der Waals surface area contributed by atoms with Crippen LogP contribution in [0, 0.1) is 0 Å². The van der Waals surface area contributed by atoms with Crippen molar-refractivity contribution in [1.82, 2.24) is 4.98 Å². The molecule has 4 N–H and O–H groups in total. The van der Waals surface area contributed by atoms with Gasteiger partial charge in [-0.15, -0.1) is 0 Å². The number of aromatic nitrogens is 1. The maximum atomic E-state index is 10.6. The number of hydrogen-bond donors (Lipinski definition) is 3. The molecule has 80 valence electrons. The van der Waals surface area contributed by atoms with Gasteiger partial charge in [0, 0.05) is 6.20 Å². The van der Waals surface area contributed by atoms with E-state index >= 15 is 0 Å². The Labute approximate surface area is 85.4 Å². The van der Waals surface area contributed by atoms with Crippen LogP contribution in [0.1, 0.15) is 16.1 Å². The molecule has 0 aliphatic rings. The molecule has 1 atom stereocenters. The zero-order chi connectivity index (χ0) is 11.4. The lowest BCUT2D eigenvalue weighted by Crippen LogP contribution is -2.32. The van der Waals surface area contributed by atoms with Crippen molar-refractivity contribution in [2.75, 3.05) is 0 Å². The van der Waals surface area contributed by atoms with Gasteiger partial charge in [-0.3, -0.25) is 4.79 Å². The average molecular weight is 210 g/mol. The molecule has 1 heterocycles. The van der Waals surface area contributed by atoms with Crippen molar-refractivity contribution in [2.45, 2.75) is 12.5 Å². The number of carboxylic acids is 2. The third kappa shape index (κ3) is 3.03. The van der Waals surface area contributed by atoms with Crippen molar-refractivity contribution in [3.05, 3.63) is 29.6 Å². The minimum Gasteiger partial charge on any atom is -0.480 e. The number of carbonyl (C=O) groups is 2. The van der Waals surface area contributed by atoms with Gasteiger partial charge in [0.15, 0.2) is 0 Å². The molecule has 1 aromatic heterocycles. The number of rotatable bonds is 4. The molecule has 6 nitrogen and oxygen atoms in total. The third-order valence-corrected chi connectivity index (χ3v) is 1.82. The summed E-state index contributed by atoms with van der Waals surface area (Å²) < 4.78 is 0. The van der Waals surface area contributed by atoms with Crippen LogP contribution in [0.4, 0.5) is 0 Å². The Morgan fingerprint density at radius 1 is 1.47 bits per heavy atom. The second kappa shape index (κ2) is 4.52. The predicted octanol–water partition coefficient (Wildman–Crippen LogP) is -0.266. The fourth-order valence-corrected chi connectivity index (χ4v) is 1.06. The first-order valence-electron chi connectivity index (χ1n) is 4.17. The molecule has 0 aliphatic heterocycles. The van der Waals surface area contributed by atoms with Crippen LogP contribution in [-0.2, 0) is 11.2 Å². The number of aromatic carboxylic acids is 1. The normalized spacial score (nSPS) is 12.1. The predicted molar refractivity (Wildman–Crippen MR) is 50.5 cm³/mol. The van der Waals surface area contributed by atoms with Crippen LogP contribution in [0.2, 0.25) is 0 Å². The van der Waals surface area contributed by atoms with Crippen LogP contribution >= 0.6 is 0 Å². The minimum absolute atomic E-state index is 0.0815. The average Bonchev–Trinajstić information content (AvgIpc) is 2.18. The van der Waals surface area contributed by atoms with Crippen molar-refractivity contribution >= 4 is 11.9 Å². The summed E-state index contributed by atoms with van der Waals surface area (Å²) in [6.45, 7) is 0. The van der Waals surface area contributed by atoms with Crippen molar-refractivity contribution in [2.24, 2.45) is 5.73 Å². The monoisotopic (exact) mass is 210 g/mol. The highest BCUT2D eigenvalue weighted by atomic mass is 16.4. The molecule has 0 aromatic carbocycles. The van der Waals surface area contributed by atoms with Gasteiger partial charge in [0.25, 0.3) is 0 Å². The van der Waals surface area contributed by atoms with E-state index in [0.717, 1.165) is 0 Å². The van der Waals surface area contributed by atoms with Gasteiger partial charge in [-0.05, 0) is 24.1 Å². The standard InChI is InChI=1S/C9H10N2O4/c10-6(8(12)13)3-5-1-2-11-7(4-5)9(14)15/h1-2,4,6H,3,10H2,(H,12,13)(H,14,15). The molecule has 0 saturated carbocycles. The van der Waals surface area contributed by atoms with Crippen molar-refractivity contribution < 1.29 is 19.8 Å². The summed E-state index contributed by atoms with van der Waals surface area (Å²) in [5, 5.41) is 17.2. The van der Waals surface area contributed by atoms with Gasteiger partial charge in [-0.2, -0.15) is 0 Å². The van der Waals surface area contributed by atoms with E-state index in [0.29, 0.717) is 5.56 Å². The Morgan fingerprint density at radius 3 is 2.67 bits per heavy atom. The lowest BCUT2D eigenvalue weighted by molar-refractivity contribution is -0.138. The molecule has 0 fully saturated rings. The Morgan fingerprint density at radius 2 is 2.13 bits per heavy atom. The summed E-state index contributed by atoms with van der Waals surface area (Å²) in [6, 6.07) is 1.81. The van der Waals surface area contributed by atoms with Gasteiger partial charge in [0.05, 0.1) is 0 Å². The molecule has 6 heteroatoms. The first-order valence-corrected chi connectivity index (χ1v) is 4.17. The fourth-order valence-electron chi connectivity index (χ4n) is 1.06. The summed E-state index contributed by atoms with van der Waals surface area (Å²) in [7, 11) is 0. The molecule has 0 radical (unpaired) electrons. The fraction of sp³-hybridized carbons (Fsp3) is 0.222. The van der Waals surface area contributed by atoms with E-state index in [9.17, 15) is 9.59 Å². The van der Waals surface area contributed by atoms with Gasteiger partial charge in [0.2, 0.25) is 0 Å². The SMILES string of the molecule is NC(Cc1ccnc(C(=O)O)c1)C(=O)O. The van der Waals surface area contributed by atoms with Gasteiger partial charge >= 0.3 is 11.9 Å². The van der Waals surface area contributed by atoms with E-state index in [1.807, 2.05) is 0 Å². The lowest BCUT2D eigenvalue weighted by Gasteiger charge is -2.06. The van der Waals surface area contributed by atoms with Crippen LogP contribution in [0.25, 0.3) is 0 Å². The molecule has 1 aromatic rings. The van der Waals surface area contributed by atoms with Crippen LogP contribution in [0.5, 0.6) is 0 Å². The summed E-state index contributed by atoms with van der Waals surface area (Å²) in [4.78, 5) is 24.6. The molecular weight excluding hydrogens is 200 g/mol. The molecular formula is C9H10N2O4. The highest BCUT2D eigenvalue weighted by Crippen LogP contribution is 2.04. The largest absolute Gasteiger partial charge is 0.480 e. The number of nitrogens with two attached hydrogens (primary N) is 1. The second-order valence-electron chi connectivity index (χ2n) is 3.00. The Balaban J connectivity index is 2.82. The Kier molecular flexibility index (Phi) is 3.35. The van der Waals surface area contributed by atoms with E-state index in [2.05, 4.69) is 4.98 Å². The van der Waals surface area contributed by atoms with Gasteiger partial charge in [0.1, 0.15) is 11.7 Å². The number of nitrogens with zero attached hydrogens (tertiary/aromatic N) is 1. The quantitative estimate of drug-likeness (QED) is 0.630. The van der Waals surface area contributed by atoms with Crippen molar-refractivity contribution in [1.29, 1.82) is 0 Å². The second-order valence-corrected chi connectivity index (χ2v) is 3.00. The van der Waals surface area contributed by atoms with E-state index in [4.69, 9.17) is 15.9 Å². The molecule has 0 bridgehead atoms. The molecule has 15 heavy (non-hydrogen) atoms. The molecule has 0 saturated heterocycles. The van der Waals surface area contributed by atoms with E-state index < -0.39 is 18.0 Å². The van der Waals surface area contributed by atoms with E-state index in [1.54, 1.807) is 0 Å². The van der Waals surface area contributed by atoms with E-state index in [1.165, 1.54) is 18.3 Å². The molecule has 0 aliphatic carbocycles. The zero-order valence-electron chi connectivity index (χ0n) is 7.75. The van der Waals surface area contributed by atoms with Gasteiger partial charge in [-0.1, -0.05) is 0 Å². The highest BCUT2D eigenvalue weighted by molar-refractivity contribution is 5.85. The molecule has 1 rings (SSSR count). The number of hydrogen-bond acceptors (Lipinski definition) is 4. The highest BCUT2D eigenvalue weighted by Gasteiger charge is 2.13. The summed E-state index contributed by atoms with van der Waals surface area (Å²) in [5.41, 5.74) is 5.73. The summed E-state index contributed by atoms with van der Waals surface area (Å²) >= 11 is 0. The summed E-state index contributed by atoms with van der Waals surface area (Å²) in [5.74, 6) is -2.27. The summed E-state index contributed by atoms with van der Waals surface area (Å²) in [6.07, 6.45) is 1.39. The van der Waals surface area contributed by atoms with E-state index in [-0.39, 0.29) is 12.1 Å². The van der Waals surface area contributed by atoms with Crippen molar-refractivity contribution in [3.8, 4) is 0 Å². The molecule has 0 amide bonds. The first kappa shape index (κ1) is 11.1. The van der Waals surface area contributed by atoms with Crippen LogP contribution in [-0.4, -0.2) is 33.2 Å². The molecule has 1 unspecified atom stereocenters. The number of aliphatic carboxylic acids is 1.